The van der Waals surface area contributed by atoms with Crippen molar-refractivity contribution in [1.29, 1.82) is 0 Å². The summed E-state index contributed by atoms with van der Waals surface area (Å²) in [6.07, 6.45) is 1.53. The number of ketones is 1. The van der Waals surface area contributed by atoms with E-state index in [1.165, 1.54) is 0 Å². The molecule has 5 rings (SSSR count). The molecule has 0 N–H and O–H groups in total. The average Bonchev–Trinajstić information content (AvgIpc) is 3.40. The van der Waals surface area contributed by atoms with E-state index in [-0.39, 0.29) is 18.0 Å². The highest BCUT2D eigenvalue weighted by molar-refractivity contribution is 5.94. The van der Waals surface area contributed by atoms with Gasteiger partial charge in [-0.1, -0.05) is 104 Å². The van der Waals surface area contributed by atoms with Crippen LogP contribution in [0.3, 0.4) is 0 Å². The zero-order valence-electron chi connectivity index (χ0n) is 25.9. The quantitative estimate of drug-likeness (QED) is 0.193. The lowest BCUT2D eigenvalue weighted by atomic mass is 9.90. The first-order valence-electron chi connectivity index (χ1n) is 15.6. The number of hydrogen-bond acceptors (Lipinski definition) is 7. The summed E-state index contributed by atoms with van der Waals surface area (Å²) in [5.74, 6) is -0.889. The smallest absolute Gasteiger partial charge is 0.186 e. The normalized spacial score (nSPS) is 26.6. The van der Waals surface area contributed by atoms with Gasteiger partial charge in [-0.05, 0) is 49.1 Å². The minimum atomic E-state index is -0.890. The Kier molecular flexibility index (Phi) is 11.5. The number of ether oxygens (including phenoxy) is 6. The van der Waals surface area contributed by atoms with Gasteiger partial charge in [0.15, 0.2) is 11.6 Å². The topological polar surface area (TPSA) is 72.5 Å². The molecule has 2 heterocycles. The van der Waals surface area contributed by atoms with Gasteiger partial charge < -0.3 is 28.4 Å². The maximum Gasteiger partial charge on any atom is 0.186 e. The molecule has 0 amide bonds. The summed E-state index contributed by atoms with van der Waals surface area (Å²) in [6, 6.07) is 30.0. The average molecular weight is 601 g/mol. The van der Waals surface area contributed by atoms with E-state index in [2.05, 4.69) is 6.92 Å². The van der Waals surface area contributed by atoms with Crippen LogP contribution >= 0.6 is 0 Å². The summed E-state index contributed by atoms with van der Waals surface area (Å²) in [4.78, 5) is 13.9. The summed E-state index contributed by atoms with van der Waals surface area (Å²) >= 11 is 0. The molecule has 6 atom stereocenters. The van der Waals surface area contributed by atoms with Crippen molar-refractivity contribution in [3.63, 3.8) is 0 Å². The Hall–Kier alpha value is -3.17. The minimum Gasteiger partial charge on any atom is -0.368 e. The summed E-state index contributed by atoms with van der Waals surface area (Å²) in [6.45, 7) is 7.24. The molecule has 0 bridgehead atoms. The second-order valence-electron chi connectivity index (χ2n) is 11.8. The fourth-order valence-corrected chi connectivity index (χ4v) is 5.64. The van der Waals surface area contributed by atoms with Gasteiger partial charge in [0.25, 0.3) is 0 Å². The number of hydrogen-bond donors (Lipinski definition) is 0. The number of benzene rings is 3. The number of rotatable bonds is 14. The molecular formula is C37H44O7. The van der Waals surface area contributed by atoms with Crippen molar-refractivity contribution in [3.8, 4) is 0 Å². The van der Waals surface area contributed by atoms with E-state index >= 15 is 0 Å². The summed E-state index contributed by atoms with van der Waals surface area (Å²) in [7, 11) is 0. The standard InChI is InChI=1S/C37H44O7/c1-4-14-32-34(39-23-27-15-8-5-9-16-27)36(41-25-29-19-12-7-13-20-29)35(40-24-28-17-10-6-11-18-28)33(43-32)31(38)22-21-30-26-42-37(2,3)44-30/h5-13,15-22,30,32-36H,4,14,23-26H2,1-3H3/t30-,32?,33+,34-,35+,36+/m0/s1. The molecule has 2 saturated heterocycles. The van der Waals surface area contributed by atoms with Crippen molar-refractivity contribution in [2.45, 2.75) is 95.8 Å². The monoisotopic (exact) mass is 600 g/mol. The summed E-state index contributed by atoms with van der Waals surface area (Å²) in [5, 5.41) is 0. The van der Waals surface area contributed by atoms with Gasteiger partial charge in [-0.3, -0.25) is 4.79 Å². The Bertz CT molecular complexity index is 1310. The van der Waals surface area contributed by atoms with Crippen LogP contribution in [0.5, 0.6) is 0 Å². The van der Waals surface area contributed by atoms with Crippen LogP contribution in [0.15, 0.2) is 103 Å². The molecule has 1 unspecified atom stereocenters. The zero-order chi connectivity index (χ0) is 30.8. The number of carbonyl (C=O) groups is 1. The van der Waals surface area contributed by atoms with Crippen molar-refractivity contribution >= 4 is 5.78 Å². The molecule has 2 fully saturated rings. The third-order valence-electron chi connectivity index (χ3n) is 7.85. The molecule has 3 aromatic carbocycles. The van der Waals surface area contributed by atoms with Crippen LogP contribution in [0, 0.1) is 0 Å². The van der Waals surface area contributed by atoms with Gasteiger partial charge in [-0.2, -0.15) is 0 Å². The molecule has 0 aliphatic carbocycles. The van der Waals surface area contributed by atoms with Gasteiger partial charge in [0.2, 0.25) is 0 Å². The Balaban J connectivity index is 1.44. The molecule has 234 valence electrons. The summed E-state index contributed by atoms with van der Waals surface area (Å²) < 4.78 is 38.1. The molecule has 3 aromatic rings. The van der Waals surface area contributed by atoms with Crippen molar-refractivity contribution in [3.05, 3.63) is 120 Å². The van der Waals surface area contributed by atoms with Crippen LogP contribution in [-0.2, 0) is 53.0 Å². The molecule has 7 nitrogen and oxygen atoms in total. The third kappa shape index (κ3) is 8.94. The Morgan fingerprint density at radius 3 is 1.75 bits per heavy atom. The van der Waals surface area contributed by atoms with Crippen LogP contribution in [0.25, 0.3) is 0 Å². The van der Waals surface area contributed by atoms with Gasteiger partial charge in [0, 0.05) is 0 Å². The predicted octanol–water partition coefficient (Wildman–Crippen LogP) is 6.59. The van der Waals surface area contributed by atoms with Crippen LogP contribution in [0.4, 0.5) is 0 Å². The Labute approximate surface area is 261 Å². The molecule has 2 aliphatic heterocycles. The maximum atomic E-state index is 13.9. The van der Waals surface area contributed by atoms with Crippen LogP contribution < -0.4 is 0 Å². The highest BCUT2D eigenvalue weighted by Crippen LogP contribution is 2.33. The van der Waals surface area contributed by atoms with E-state index < -0.39 is 30.2 Å². The molecule has 7 heteroatoms. The molecule has 0 saturated carbocycles. The number of carbonyl (C=O) groups excluding carboxylic acids is 1. The highest BCUT2D eigenvalue weighted by Gasteiger charge is 2.50. The summed E-state index contributed by atoms with van der Waals surface area (Å²) in [5.41, 5.74) is 3.07. The van der Waals surface area contributed by atoms with E-state index in [0.29, 0.717) is 32.8 Å². The zero-order valence-corrected chi connectivity index (χ0v) is 25.9. The van der Waals surface area contributed by atoms with Gasteiger partial charge >= 0.3 is 0 Å². The van der Waals surface area contributed by atoms with Gasteiger partial charge in [-0.15, -0.1) is 0 Å². The van der Waals surface area contributed by atoms with E-state index in [1.54, 1.807) is 12.2 Å². The SMILES string of the molecule is CCCC1O[C@H](C(=O)C=C[C@H]2COC(C)(C)O2)[C@@H](OCc2ccccc2)[C@H](OCc2ccccc2)[C@H]1OCc1ccccc1. The van der Waals surface area contributed by atoms with Crippen molar-refractivity contribution in [2.75, 3.05) is 6.61 Å². The lowest BCUT2D eigenvalue weighted by molar-refractivity contribution is -0.259. The molecular weight excluding hydrogens is 556 g/mol. The van der Waals surface area contributed by atoms with E-state index in [1.807, 2.05) is 105 Å². The molecule has 0 radical (unpaired) electrons. The van der Waals surface area contributed by atoms with Gasteiger partial charge in [0.05, 0.1) is 32.5 Å². The van der Waals surface area contributed by atoms with Crippen molar-refractivity contribution < 1.29 is 33.2 Å². The highest BCUT2D eigenvalue weighted by atomic mass is 16.7. The van der Waals surface area contributed by atoms with E-state index in [0.717, 1.165) is 23.1 Å². The fourth-order valence-electron chi connectivity index (χ4n) is 5.64. The second kappa shape index (κ2) is 15.7. The Morgan fingerprint density at radius 1 is 0.773 bits per heavy atom. The lowest BCUT2D eigenvalue weighted by Gasteiger charge is -2.45. The lowest BCUT2D eigenvalue weighted by Crippen LogP contribution is -2.61. The molecule has 0 spiro atoms. The van der Waals surface area contributed by atoms with Crippen molar-refractivity contribution in [2.24, 2.45) is 0 Å². The predicted molar refractivity (Wildman–Crippen MR) is 168 cm³/mol. The first-order valence-corrected chi connectivity index (χ1v) is 15.6. The Morgan fingerprint density at radius 2 is 1.27 bits per heavy atom. The van der Waals surface area contributed by atoms with Gasteiger partial charge in [-0.25, -0.2) is 0 Å². The van der Waals surface area contributed by atoms with Gasteiger partial charge in [0.1, 0.15) is 30.5 Å². The molecule has 2 aliphatic rings. The molecule has 0 aromatic heterocycles. The first-order chi connectivity index (χ1) is 21.4. The molecule has 44 heavy (non-hydrogen) atoms. The third-order valence-corrected chi connectivity index (χ3v) is 7.85. The van der Waals surface area contributed by atoms with Crippen LogP contribution in [-0.4, -0.2) is 54.8 Å². The van der Waals surface area contributed by atoms with E-state index in [4.69, 9.17) is 28.4 Å². The fraction of sp³-hybridized carbons (Fsp3) is 0.432. The minimum absolute atomic E-state index is 0.202. The first kappa shape index (κ1) is 32.2. The largest absolute Gasteiger partial charge is 0.368 e. The van der Waals surface area contributed by atoms with E-state index in [9.17, 15) is 4.79 Å². The second-order valence-corrected chi connectivity index (χ2v) is 11.8. The van der Waals surface area contributed by atoms with Crippen LogP contribution in [0.1, 0.15) is 50.3 Å². The van der Waals surface area contributed by atoms with Crippen LogP contribution in [0.2, 0.25) is 0 Å². The maximum absolute atomic E-state index is 13.9. The van der Waals surface area contributed by atoms with Crippen molar-refractivity contribution in [1.82, 2.24) is 0 Å².